The molecule has 82 valence electrons. The van der Waals surface area contributed by atoms with E-state index in [1.807, 2.05) is 0 Å². The van der Waals surface area contributed by atoms with Crippen LogP contribution in [0, 0.1) is 5.82 Å². The van der Waals surface area contributed by atoms with Crippen LogP contribution in [0.3, 0.4) is 0 Å². The van der Waals surface area contributed by atoms with Crippen LogP contribution in [0.5, 0.6) is 0 Å². The molecule has 0 spiro atoms. The number of rotatable bonds is 3. The molecule has 0 amide bonds. The predicted octanol–water partition coefficient (Wildman–Crippen LogP) is 2.88. The van der Waals surface area contributed by atoms with E-state index in [0.717, 1.165) is 5.56 Å². The first-order valence-electron chi connectivity index (χ1n) is 4.68. The Morgan fingerprint density at radius 3 is 2.69 bits per heavy atom. The number of nitrogens with one attached hydrogen (secondary N) is 1. The molecule has 1 aromatic heterocycles. The van der Waals surface area contributed by atoms with Gasteiger partial charge in [-0.3, -0.25) is 0 Å². The monoisotopic (exact) mass is 237 g/mol. The highest BCUT2D eigenvalue weighted by molar-refractivity contribution is 6.30. The minimum Gasteiger partial charge on any atom is -0.378 e. The summed E-state index contributed by atoms with van der Waals surface area (Å²) in [7, 11) is 0. The molecule has 1 N–H and O–H groups in total. The molecular weight excluding hydrogens is 229 g/mol. The lowest BCUT2D eigenvalue weighted by molar-refractivity contribution is 0.630. The quantitative estimate of drug-likeness (QED) is 0.892. The Kier molecular flexibility index (Phi) is 3.31. The largest absolute Gasteiger partial charge is 0.378 e. The van der Waals surface area contributed by atoms with Gasteiger partial charge in [0.15, 0.2) is 0 Å². The first-order valence-corrected chi connectivity index (χ1v) is 5.06. The van der Waals surface area contributed by atoms with Crippen molar-refractivity contribution in [2.24, 2.45) is 0 Å². The van der Waals surface area contributed by atoms with E-state index in [4.69, 9.17) is 11.6 Å². The number of benzene rings is 1. The molecule has 2 rings (SSSR count). The maximum Gasteiger partial charge on any atom is 0.147 e. The Morgan fingerprint density at radius 1 is 1.25 bits per heavy atom. The van der Waals surface area contributed by atoms with Crippen LogP contribution in [-0.2, 0) is 6.54 Å². The lowest BCUT2D eigenvalue weighted by Crippen LogP contribution is -2.02. The molecule has 2 aromatic rings. The minimum absolute atomic E-state index is 0.371. The number of halogens is 2. The van der Waals surface area contributed by atoms with Gasteiger partial charge >= 0.3 is 0 Å². The van der Waals surface area contributed by atoms with Gasteiger partial charge in [0.1, 0.15) is 12.1 Å². The smallest absolute Gasteiger partial charge is 0.147 e. The standard InChI is InChI=1S/C11H9ClFN3/c12-9-1-2-11(10(13)3-9)16-6-8-4-14-7-15-5-8/h1-5,7,16H,6H2. The first kappa shape index (κ1) is 10.8. The topological polar surface area (TPSA) is 37.8 Å². The number of anilines is 1. The van der Waals surface area contributed by atoms with Gasteiger partial charge < -0.3 is 5.32 Å². The zero-order valence-electron chi connectivity index (χ0n) is 8.32. The summed E-state index contributed by atoms with van der Waals surface area (Å²) in [6, 6.07) is 4.50. The van der Waals surface area contributed by atoms with Crippen LogP contribution in [0.15, 0.2) is 36.9 Å². The van der Waals surface area contributed by atoms with Crippen molar-refractivity contribution in [3.8, 4) is 0 Å². The SMILES string of the molecule is Fc1cc(Cl)ccc1NCc1cncnc1. The van der Waals surface area contributed by atoms with E-state index in [2.05, 4.69) is 15.3 Å². The second-order valence-corrected chi connectivity index (χ2v) is 3.66. The number of hydrogen-bond donors (Lipinski definition) is 1. The van der Waals surface area contributed by atoms with Gasteiger partial charge in [0.25, 0.3) is 0 Å². The van der Waals surface area contributed by atoms with Gasteiger partial charge in [-0.25, -0.2) is 14.4 Å². The average molecular weight is 238 g/mol. The summed E-state index contributed by atoms with van der Waals surface area (Å²) >= 11 is 5.65. The van der Waals surface area contributed by atoms with Gasteiger partial charge in [-0.15, -0.1) is 0 Å². The normalized spacial score (nSPS) is 10.1. The zero-order valence-corrected chi connectivity index (χ0v) is 9.08. The number of nitrogens with zero attached hydrogens (tertiary/aromatic N) is 2. The first-order chi connectivity index (χ1) is 7.75. The van der Waals surface area contributed by atoms with Gasteiger partial charge in [-0.2, -0.15) is 0 Å². The average Bonchev–Trinajstić information content (AvgIpc) is 2.29. The molecule has 0 fully saturated rings. The van der Waals surface area contributed by atoms with Crippen LogP contribution in [0.25, 0.3) is 0 Å². The Morgan fingerprint density at radius 2 is 2.00 bits per heavy atom. The molecule has 0 aliphatic rings. The van der Waals surface area contributed by atoms with E-state index in [1.165, 1.54) is 12.4 Å². The van der Waals surface area contributed by atoms with E-state index in [1.54, 1.807) is 24.5 Å². The van der Waals surface area contributed by atoms with Crippen molar-refractivity contribution in [2.75, 3.05) is 5.32 Å². The minimum atomic E-state index is -0.371. The predicted molar refractivity (Wildman–Crippen MR) is 60.8 cm³/mol. The highest BCUT2D eigenvalue weighted by Gasteiger charge is 2.02. The molecule has 3 nitrogen and oxygen atoms in total. The van der Waals surface area contributed by atoms with Crippen molar-refractivity contribution < 1.29 is 4.39 Å². The lowest BCUT2D eigenvalue weighted by Gasteiger charge is -2.07. The number of hydrogen-bond acceptors (Lipinski definition) is 3. The van der Waals surface area contributed by atoms with Gasteiger partial charge in [-0.1, -0.05) is 11.6 Å². The zero-order chi connectivity index (χ0) is 11.4. The van der Waals surface area contributed by atoms with Crippen LogP contribution < -0.4 is 5.32 Å². The van der Waals surface area contributed by atoms with Crippen molar-refractivity contribution in [3.63, 3.8) is 0 Å². The molecule has 0 saturated carbocycles. The Balaban J connectivity index is 2.05. The molecule has 0 aliphatic heterocycles. The number of aromatic nitrogens is 2. The third-order valence-electron chi connectivity index (χ3n) is 2.03. The fourth-order valence-electron chi connectivity index (χ4n) is 1.25. The van der Waals surface area contributed by atoms with Crippen LogP contribution in [0.1, 0.15) is 5.56 Å². The lowest BCUT2D eigenvalue weighted by atomic mass is 10.3. The van der Waals surface area contributed by atoms with Gasteiger partial charge in [0.05, 0.1) is 5.69 Å². The molecule has 0 atom stereocenters. The maximum atomic E-state index is 13.4. The van der Waals surface area contributed by atoms with Crippen molar-refractivity contribution in [1.29, 1.82) is 0 Å². The van der Waals surface area contributed by atoms with E-state index < -0.39 is 0 Å². The molecule has 0 radical (unpaired) electrons. The van der Waals surface area contributed by atoms with E-state index in [-0.39, 0.29) is 5.82 Å². The van der Waals surface area contributed by atoms with Gasteiger partial charge in [0, 0.05) is 29.5 Å². The van der Waals surface area contributed by atoms with E-state index >= 15 is 0 Å². The Bertz CT molecular complexity index is 476. The van der Waals surface area contributed by atoms with E-state index in [0.29, 0.717) is 17.3 Å². The molecule has 5 heteroatoms. The van der Waals surface area contributed by atoms with Gasteiger partial charge in [0.2, 0.25) is 0 Å². The molecule has 0 bridgehead atoms. The Labute approximate surface area is 97.3 Å². The molecular formula is C11H9ClFN3. The molecule has 0 saturated heterocycles. The summed E-state index contributed by atoms with van der Waals surface area (Å²) < 4.78 is 13.4. The summed E-state index contributed by atoms with van der Waals surface area (Å²) in [6.07, 6.45) is 4.80. The maximum absolute atomic E-state index is 13.4. The summed E-state index contributed by atoms with van der Waals surface area (Å²) in [4.78, 5) is 7.74. The van der Waals surface area contributed by atoms with Crippen molar-refractivity contribution in [3.05, 3.63) is 53.3 Å². The third-order valence-corrected chi connectivity index (χ3v) is 2.26. The molecule has 16 heavy (non-hydrogen) atoms. The van der Waals surface area contributed by atoms with Crippen LogP contribution in [0.2, 0.25) is 5.02 Å². The third kappa shape index (κ3) is 2.67. The molecule has 1 aromatic carbocycles. The summed E-state index contributed by atoms with van der Waals surface area (Å²) in [5, 5.41) is 3.32. The summed E-state index contributed by atoms with van der Waals surface area (Å²) in [6.45, 7) is 0.472. The molecule has 0 aliphatic carbocycles. The summed E-state index contributed by atoms with van der Waals surface area (Å²) in [5.74, 6) is -0.371. The van der Waals surface area contributed by atoms with Crippen molar-refractivity contribution in [2.45, 2.75) is 6.54 Å². The fraction of sp³-hybridized carbons (Fsp3) is 0.0909. The van der Waals surface area contributed by atoms with Crippen LogP contribution in [-0.4, -0.2) is 9.97 Å². The highest BCUT2D eigenvalue weighted by Crippen LogP contribution is 2.19. The molecule has 0 unspecified atom stereocenters. The van der Waals surface area contributed by atoms with Gasteiger partial charge in [-0.05, 0) is 18.2 Å². The van der Waals surface area contributed by atoms with Crippen molar-refractivity contribution in [1.82, 2.24) is 9.97 Å². The van der Waals surface area contributed by atoms with E-state index in [9.17, 15) is 4.39 Å². The fourth-order valence-corrected chi connectivity index (χ4v) is 1.41. The van der Waals surface area contributed by atoms with Crippen LogP contribution in [0.4, 0.5) is 10.1 Å². The highest BCUT2D eigenvalue weighted by atomic mass is 35.5. The molecule has 1 heterocycles. The summed E-state index contributed by atoms with van der Waals surface area (Å²) in [5.41, 5.74) is 1.30. The van der Waals surface area contributed by atoms with Crippen LogP contribution >= 0.6 is 11.6 Å². The Hall–Kier alpha value is -1.68. The second kappa shape index (κ2) is 4.90. The van der Waals surface area contributed by atoms with Crippen molar-refractivity contribution >= 4 is 17.3 Å². The second-order valence-electron chi connectivity index (χ2n) is 3.22.